The van der Waals surface area contributed by atoms with Gasteiger partial charge < -0.3 is 4.74 Å². The summed E-state index contributed by atoms with van der Waals surface area (Å²) >= 11 is 0. The number of nitrogens with zero attached hydrogens (tertiary/aromatic N) is 1. The lowest BCUT2D eigenvalue weighted by Gasteiger charge is -2.29. The van der Waals surface area contributed by atoms with Crippen molar-refractivity contribution in [2.75, 3.05) is 13.2 Å². The van der Waals surface area contributed by atoms with Gasteiger partial charge in [0.25, 0.3) is 0 Å². The van der Waals surface area contributed by atoms with Gasteiger partial charge >= 0.3 is 6.18 Å². The average molecular weight is 352 g/mol. The lowest BCUT2D eigenvalue weighted by molar-refractivity contribution is -0.191. The third-order valence-corrected chi connectivity index (χ3v) is 4.09. The Kier molecular flexibility index (Phi) is 4.85. The van der Waals surface area contributed by atoms with Crippen LogP contribution in [0.4, 0.5) is 13.2 Å². The van der Waals surface area contributed by atoms with Gasteiger partial charge in [-0.2, -0.15) is 13.2 Å². The van der Waals surface area contributed by atoms with Crippen LogP contribution in [-0.2, 0) is 4.79 Å². The van der Waals surface area contributed by atoms with Crippen LogP contribution in [-0.4, -0.2) is 30.2 Å². The van der Waals surface area contributed by atoms with Gasteiger partial charge in [-0.1, -0.05) is 31.2 Å². The van der Waals surface area contributed by atoms with Crippen molar-refractivity contribution >= 4 is 16.7 Å². The number of carbonyl (C=O) groups is 1. The van der Waals surface area contributed by atoms with Gasteiger partial charge in [-0.3, -0.25) is 10.2 Å². The van der Waals surface area contributed by atoms with E-state index in [9.17, 15) is 18.0 Å². The number of hydrazine groups is 1. The summed E-state index contributed by atoms with van der Waals surface area (Å²) in [6.45, 7) is 2.37. The smallest absolute Gasteiger partial charge is 0.409 e. The second kappa shape index (κ2) is 6.92. The van der Waals surface area contributed by atoms with Crippen LogP contribution < -0.4 is 10.2 Å². The van der Waals surface area contributed by atoms with Crippen molar-refractivity contribution in [1.82, 2.24) is 10.4 Å². The minimum atomic E-state index is -4.53. The molecular formula is C18H19F3N2O2. The predicted molar refractivity (Wildman–Crippen MR) is 88.0 cm³/mol. The summed E-state index contributed by atoms with van der Waals surface area (Å²) in [6.07, 6.45) is -3.72. The standard InChI is InChI=1S/C18H19F3N2O2/c1-2-9-25-15-11-13(10-12-5-3-4-6-14(12)15)17(18(19,20)21)23-8-7-16(24)22-23/h3-6,10-11,17H,2,7-9H2,1H3,(H,22,24)/t17-/m0/s1. The van der Waals surface area contributed by atoms with Crippen LogP contribution in [0, 0.1) is 0 Å². The predicted octanol–water partition coefficient (Wildman–Crippen LogP) is 3.97. The maximum absolute atomic E-state index is 13.7. The Morgan fingerprint density at radius 3 is 2.68 bits per heavy atom. The zero-order valence-electron chi connectivity index (χ0n) is 13.8. The van der Waals surface area contributed by atoms with E-state index in [1.807, 2.05) is 19.1 Å². The Morgan fingerprint density at radius 2 is 2.04 bits per heavy atom. The van der Waals surface area contributed by atoms with Gasteiger partial charge in [0.1, 0.15) is 11.8 Å². The van der Waals surface area contributed by atoms with Crippen molar-refractivity contribution in [3.63, 3.8) is 0 Å². The molecule has 25 heavy (non-hydrogen) atoms. The fourth-order valence-corrected chi connectivity index (χ4v) is 3.02. The summed E-state index contributed by atoms with van der Waals surface area (Å²) in [7, 11) is 0. The SMILES string of the molecule is CCCOc1cc([C@H](N2CCC(=O)N2)C(F)(F)F)cc2ccccc12. The molecule has 1 amide bonds. The number of alkyl halides is 3. The summed E-state index contributed by atoms with van der Waals surface area (Å²) < 4.78 is 46.9. The molecule has 3 rings (SSSR count). The van der Waals surface area contributed by atoms with Gasteiger partial charge in [-0.05, 0) is 29.5 Å². The van der Waals surface area contributed by atoms with Crippen LogP contribution in [0.15, 0.2) is 36.4 Å². The summed E-state index contributed by atoms with van der Waals surface area (Å²) in [4.78, 5) is 11.4. The van der Waals surface area contributed by atoms with Crippen LogP contribution in [0.1, 0.15) is 31.4 Å². The summed E-state index contributed by atoms with van der Waals surface area (Å²) in [5.41, 5.74) is 2.36. The molecule has 1 fully saturated rings. The van der Waals surface area contributed by atoms with Crippen LogP contribution in [0.5, 0.6) is 5.75 Å². The molecule has 134 valence electrons. The first-order valence-corrected chi connectivity index (χ1v) is 8.18. The second-order valence-corrected chi connectivity index (χ2v) is 6.01. The number of hydrogen-bond donors (Lipinski definition) is 1. The Bertz CT molecular complexity index is 776. The molecule has 7 heteroatoms. The highest BCUT2D eigenvalue weighted by atomic mass is 19.4. The Morgan fingerprint density at radius 1 is 1.28 bits per heavy atom. The number of fused-ring (bicyclic) bond motifs is 1. The van der Waals surface area contributed by atoms with Crippen LogP contribution >= 0.6 is 0 Å². The molecule has 0 aromatic heterocycles. The average Bonchev–Trinajstić information content (AvgIpc) is 2.97. The van der Waals surface area contributed by atoms with Gasteiger partial charge in [-0.25, -0.2) is 5.01 Å². The maximum Gasteiger partial charge on any atom is 0.409 e. The topological polar surface area (TPSA) is 41.6 Å². The van der Waals surface area contributed by atoms with E-state index < -0.39 is 18.1 Å². The first-order valence-electron chi connectivity index (χ1n) is 8.18. The van der Waals surface area contributed by atoms with E-state index in [1.54, 1.807) is 12.1 Å². The van der Waals surface area contributed by atoms with E-state index in [0.29, 0.717) is 17.7 Å². The van der Waals surface area contributed by atoms with Gasteiger partial charge in [0.15, 0.2) is 0 Å². The molecule has 0 radical (unpaired) electrons. The number of hydrogen-bond acceptors (Lipinski definition) is 3. The molecule has 2 aromatic carbocycles. The van der Waals surface area contributed by atoms with E-state index in [-0.39, 0.29) is 18.5 Å². The molecule has 1 saturated heterocycles. The molecule has 1 N–H and O–H groups in total. The fourth-order valence-electron chi connectivity index (χ4n) is 3.02. The monoisotopic (exact) mass is 352 g/mol. The summed E-state index contributed by atoms with van der Waals surface area (Å²) in [6, 6.07) is 8.21. The molecule has 0 bridgehead atoms. The zero-order chi connectivity index (χ0) is 18.0. The van der Waals surface area contributed by atoms with Gasteiger partial charge in [0, 0.05) is 18.4 Å². The van der Waals surface area contributed by atoms with Gasteiger partial charge in [0.05, 0.1) is 6.61 Å². The molecule has 1 heterocycles. The number of rotatable bonds is 5. The first kappa shape index (κ1) is 17.5. The quantitative estimate of drug-likeness (QED) is 0.885. The van der Waals surface area contributed by atoms with Crippen molar-refractivity contribution in [2.45, 2.75) is 32.0 Å². The fraction of sp³-hybridized carbons (Fsp3) is 0.389. The van der Waals surface area contributed by atoms with Crippen molar-refractivity contribution in [2.24, 2.45) is 0 Å². The Hall–Kier alpha value is -2.28. The first-order chi connectivity index (χ1) is 11.9. The molecule has 4 nitrogen and oxygen atoms in total. The molecule has 0 unspecified atom stereocenters. The third kappa shape index (κ3) is 3.71. The number of ether oxygens (including phenoxy) is 1. The number of amides is 1. The molecule has 1 aliphatic rings. The normalized spacial score (nSPS) is 16.9. The lowest BCUT2D eigenvalue weighted by atomic mass is 10.00. The Labute approximate surface area is 143 Å². The maximum atomic E-state index is 13.7. The molecule has 2 aromatic rings. The number of halogens is 3. The molecule has 0 saturated carbocycles. The molecular weight excluding hydrogens is 333 g/mol. The van der Waals surface area contributed by atoms with Crippen molar-refractivity contribution in [1.29, 1.82) is 0 Å². The van der Waals surface area contributed by atoms with Gasteiger partial charge in [-0.15, -0.1) is 0 Å². The van der Waals surface area contributed by atoms with E-state index in [0.717, 1.165) is 16.8 Å². The molecule has 1 atom stereocenters. The minimum Gasteiger partial charge on any atom is -0.493 e. The van der Waals surface area contributed by atoms with E-state index >= 15 is 0 Å². The van der Waals surface area contributed by atoms with E-state index in [2.05, 4.69) is 5.43 Å². The van der Waals surface area contributed by atoms with Crippen molar-refractivity contribution in [3.8, 4) is 5.75 Å². The van der Waals surface area contributed by atoms with Crippen LogP contribution in [0.25, 0.3) is 10.8 Å². The molecule has 0 spiro atoms. The number of nitrogens with one attached hydrogen (secondary N) is 1. The number of benzene rings is 2. The second-order valence-electron chi connectivity index (χ2n) is 6.01. The highest BCUT2D eigenvalue weighted by Gasteiger charge is 2.47. The van der Waals surface area contributed by atoms with Crippen molar-refractivity contribution in [3.05, 3.63) is 42.0 Å². The Balaban J connectivity index is 2.09. The van der Waals surface area contributed by atoms with Crippen LogP contribution in [0.2, 0.25) is 0 Å². The van der Waals surface area contributed by atoms with Crippen molar-refractivity contribution < 1.29 is 22.7 Å². The summed E-state index contributed by atoms with van der Waals surface area (Å²) in [5, 5.41) is 2.40. The lowest BCUT2D eigenvalue weighted by Crippen LogP contribution is -2.43. The van der Waals surface area contributed by atoms with Gasteiger partial charge in [0.2, 0.25) is 5.91 Å². The van der Waals surface area contributed by atoms with E-state index in [1.165, 1.54) is 12.1 Å². The molecule has 1 aliphatic heterocycles. The van der Waals surface area contributed by atoms with E-state index in [4.69, 9.17) is 4.74 Å². The number of carbonyl (C=O) groups excluding carboxylic acids is 1. The largest absolute Gasteiger partial charge is 0.493 e. The zero-order valence-corrected chi connectivity index (χ0v) is 13.8. The minimum absolute atomic E-state index is 0.0149. The highest BCUT2D eigenvalue weighted by Crippen LogP contribution is 2.41. The summed E-state index contributed by atoms with van der Waals surface area (Å²) in [5.74, 6) is 0.0206. The third-order valence-electron chi connectivity index (χ3n) is 4.09. The highest BCUT2D eigenvalue weighted by molar-refractivity contribution is 5.89. The van der Waals surface area contributed by atoms with Crippen LogP contribution in [0.3, 0.4) is 0 Å². The molecule has 0 aliphatic carbocycles.